The summed E-state index contributed by atoms with van der Waals surface area (Å²) in [5, 5.41) is 13.7. The topological polar surface area (TPSA) is 98.7 Å². The van der Waals surface area contributed by atoms with Crippen LogP contribution in [0.5, 0.6) is 0 Å². The van der Waals surface area contributed by atoms with Crippen LogP contribution < -0.4 is 10.6 Å². The summed E-state index contributed by atoms with van der Waals surface area (Å²) in [4.78, 5) is 35.7. The van der Waals surface area contributed by atoms with Crippen molar-refractivity contribution in [2.24, 2.45) is 0 Å². The molecule has 0 aromatic carbocycles. The molecule has 0 aromatic rings. The molecule has 0 rings (SSSR count). The van der Waals surface area contributed by atoms with Crippen molar-refractivity contribution >= 4 is 17.9 Å². The van der Waals surface area contributed by atoms with Gasteiger partial charge < -0.3 is 20.6 Å². The van der Waals surface area contributed by atoms with Crippen molar-refractivity contribution in [2.45, 2.75) is 45.7 Å². The number of carbonyl (C=O) groups is 3. The molecule has 1 unspecified atom stereocenters. The number of carbonyl (C=O) groups excluding carboxylic acids is 2. The summed E-state index contributed by atoms with van der Waals surface area (Å²) in [7, 11) is 1.63. The Bertz CT molecular complexity index is 333. The standard InChI is InChI=1S/C12H23N3O4/c1-5-7-9(11(17)18)14-12(19)13-8(3)10(16)15(4)6-2/h8-9H,5-7H2,1-4H3,(H,17,18)(H2,13,14,19)/t8?,9-/m1/s1. The Balaban J connectivity index is 4.36. The van der Waals surface area contributed by atoms with Crippen LogP contribution in [-0.4, -0.2) is 53.6 Å². The first-order valence-corrected chi connectivity index (χ1v) is 6.38. The van der Waals surface area contributed by atoms with Crippen molar-refractivity contribution in [2.75, 3.05) is 13.6 Å². The summed E-state index contributed by atoms with van der Waals surface area (Å²) < 4.78 is 0. The molecule has 0 heterocycles. The Kier molecular flexibility index (Phi) is 7.55. The molecule has 0 aliphatic rings. The van der Waals surface area contributed by atoms with Crippen LogP contribution >= 0.6 is 0 Å². The van der Waals surface area contributed by atoms with Crippen LogP contribution in [0.15, 0.2) is 0 Å². The molecule has 7 heteroatoms. The molecule has 0 fully saturated rings. The Morgan fingerprint density at radius 3 is 2.21 bits per heavy atom. The SMILES string of the molecule is CCC[C@@H](NC(=O)NC(C)C(=O)N(C)CC)C(=O)O. The summed E-state index contributed by atoms with van der Waals surface area (Å²) in [6.07, 6.45) is 0.990. The van der Waals surface area contributed by atoms with Crippen molar-refractivity contribution < 1.29 is 19.5 Å². The highest BCUT2D eigenvalue weighted by Gasteiger charge is 2.22. The predicted octanol–water partition coefficient (Wildman–Crippen LogP) is 0.406. The Morgan fingerprint density at radius 2 is 1.79 bits per heavy atom. The molecule has 0 saturated carbocycles. The third-order valence-corrected chi connectivity index (χ3v) is 2.75. The minimum absolute atomic E-state index is 0.222. The van der Waals surface area contributed by atoms with E-state index in [0.717, 1.165) is 0 Å². The highest BCUT2D eigenvalue weighted by atomic mass is 16.4. The number of likely N-dealkylation sites (N-methyl/N-ethyl adjacent to an activating group) is 1. The van der Waals surface area contributed by atoms with E-state index in [1.165, 1.54) is 4.90 Å². The van der Waals surface area contributed by atoms with E-state index in [1.54, 1.807) is 14.0 Å². The van der Waals surface area contributed by atoms with Crippen LogP contribution in [0.3, 0.4) is 0 Å². The van der Waals surface area contributed by atoms with E-state index in [4.69, 9.17) is 5.11 Å². The van der Waals surface area contributed by atoms with Gasteiger partial charge in [0.1, 0.15) is 12.1 Å². The second-order valence-electron chi connectivity index (χ2n) is 4.37. The van der Waals surface area contributed by atoms with Crippen LogP contribution in [0.4, 0.5) is 4.79 Å². The van der Waals surface area contributed by atoms with E-state index in [9.17, 15) is 14.4 Å². The monoisotopic (exact) mass is 273 g/mol. The van der Waals surface area contributed by atoms with Crippen molar-refractivity contribution in [3.63, 3.8) is 0 Å². The molecule has 0 aliphatic heterocycles. The number of nitrogens with zero attached hydrogens (tertiary/aromatic N) is 1. The number of hydrogen-bond acceptors (Lipinski definition) is 3. The number of aliphatic carboxylic acids is 1. The highest BCUT2D eigenvalue weighted by Crippen LogP contribution is 1.97. The van der Waals surface area contributed by atoms with E-state index in [0.29, 0.717) is 19.4 Å². The Labute approximate surface area is 113 Å². The van der Waals surface area contributed by atoms with Crippen LogP contribution in [0.2, 0.25) is 0 Å². The molecule has 7 nitrogen and oxygen atoms in total. The van der Waals surface area contributed by atoms with Gasteiger partial charge in [0.2, 0.25) is 5.91 Å². The van der Waals surface area contributed by atoms with Gasteiger partial charge in [-0.15, -0.1) is 0 Å². The predicted molar refractivity (Wildman–Crippen MR) is 70.8 cm³/mol. The minimum Gasteiger partial charge on any atom is -0.480 e. The maximum absolute atomic E-state index is 11.7. The summed E-state index contributed by atoms with van der Waals surface area (Å²) in [6, 6.07) is -2.27. The molecule has 3 N–H and O–H groups in total. The van der Waals surface area contributed by atoms with Crippen LogP contribution in [-0.2, 0) is 9.59 Å². The maximum Gasteiger partial charge on any atom is 0.326 e. The zero-order valence-corrected chi connectivity index (χ0v) is 11.9. The fraction of sp³-hybridized carbons (Fsp3) is 0.750. The van der Waals surface area contributed by atoms with Crippen molar-refractivity contribution in [3.05, 3.63) is 0 Å². The number of nitrogens with one attached hydrogen (secondary N) is 2. The van der Waals surface area contributed by atoms with Crippen LogP contribution in [0.25, 0.3) is 0 Å². The Morgan fingerprint density at radius 1 is 1.21 bits per heavy atom. The fourth-order valence-electron chi connectivity index (χ4n) is 1.49. The smallest absolute Gasteiger partial charge is 0.326 e. The van der Waals surface area contributed by atoms with Gasteiger partial charge in [0.15, 0.2) is 0 Å². The first-order chi connectivity index (χ1) is 8.83. The van der Waals surface area contributed by atoms with E-state index >= 15 is 0 Å². The number of urea groups is 1. The molecular formula is C12H23N3O4. The quantitative estimate of drug-likeness (QED) is 0.625. The molecule has 110 valence electrons. The van der Waals surface area contributed by atoms with E-state index in [1.807, 2.05) is 13.8 Å². The molecule has 0 aromatic heterocycles. The molecule has 0 spiro atoms. The number of rotatable bonds is 7. The normalized spacial score (nSPS) is 13.3. The second-order valence-corrected chi connectivity index (χ2v) is 4.37. The molecule has 0 saturated heterocycles. The average Bonchev–Trinajstić information content (AvgIpc) is 2.35. The van der Waals surface area contributed by atoms with Gasteiger partial charge in [-0.05, 0) is 20.3 Å². The molecule has 0 aliphatic carbocycles. The lowest BCUT2D eigenvalue weighted by Crippen LogP contribution is -2.52. The Hall–Kier alpha value is -1.79. The lowest BCUT2D eigenvalue weighted by molar-refractivity contribution is -0.139. The van der Waals surface area contributed by atoms with Gasteiger partial charge in [0.25, 0.3) is 0 Å². The molecule has 3 amide bonds. The van der Waals surface area contributed by atoms with Crippen molar-refractivity contribution in [1.82, 2.24) is 15.5 Å². The first kappa shape index (κ1) is 17.2. The van der Waals surface area contributed by atoms with Gasteiger partial charge >= 0.3 is 12.0 Å². The second kappa shape index (κ2) is 8.34. The zero-order chi connectivity index (χ0) is 15.0. The number of carboxylic acid groups (broad SMARTS) is 1. The molecule has 2 atom stereocenters. The minimum atomic E-state index is -1.08. The van der Waals surface area contributed by atoms with Gasteiger partial charge in [0.05, 0.1) is 0 Å². The average molecular weight is 273 g/mol. The lowest BCUT2D eigenvalue weighted by atomic mass is 10.2. The molecule has 0 bridgehead atoms. The largest absolute Gasteiger partial charge is 0.480 e. The fourth-order valence-corrected chi connectivity index (χ4v) is 1.49. The summed E-state index contributed by atoms with van der Waals surface area (Å²) in [5.74, 6) is -1.30. The van der Waals surface area contributed by atoms with Gasteiger partial charge in [-0.1, -0.05) is 13.3 Å². The summed E-state index contributed by atoms with van der Waals surface area (Å²) >= 11 is 0. The summed E-state index contributed by atoms with van der Waals surface area (Å²) in [6.45, 7) is 5.76. The number of hydrogen-bond donors (Lipinski definition) is 3. The van der Waals surface area contributed by atoms with Crippen molar-refractivity contribution in [3.8, 4) is 0 Å². The summed E-state index contributed by atoms with van der Waals surface area (Å²) in [5.41, 5.74) is 0. The van der Waals surface area contributed by atoms with Crippen LogP contribution in [0, 0.1) is 0 Å². The number of amides is 3. The van der Waals surface area contributed by atoms with Gasteiger partial charge in [-0.25, -0.2) is 9.59 Å². The lowest BCUT2D eigenvalue weighted by Gasteiger charge is -2.21. The highest BCUT2D eigenvalue weighted by molar-refractivity contribution is 5.88. The van der Waals surface area contributed by atoms with Crippen molar-refractivity contribution in [1.29, 1.82) is 0 Å². The molecule has 19 heavy (non-hydrogen) atoms. The van der Waals surface area contributed by atoms with E-state index in [-0.39, 0.29) is 5.91 Å². The first-order valence-electron chi connectivity index (χ1n) is 6.38. The van der Waals surface area contributed by atoms with Gasteiger partial charge in [-0.3, -0.25) is 4.79 Å². The van der Waals surface area contributed by atoms with E-state index < -0.39 is 24.1 Å². The van der Waals surface area contributed by atoms with Gasteiger partial charge in [0, 0.05) is 13.6 Å². The maximum atomic E-state index is 11.7. The third-order valence-electron chi connectivity index (χ3n) is 2.75. The van der Waals surface area contributed by atoms with E-state index in [2.05, 4.69) is 10.6 Å². The zero-order valence-electron chi connectivity index (χ0n) is 11.9. The molecule has 0 radical (unpaired) electrons. The third kappa shape index (κ3) is 6.08. The van der Waals surface area contributed by atoms with Crippen LogP contribution in [0.1, 0.15) is 33.6 Å². The van der Waals surface area contributed by atoms with Gasteiger partial charge in [-0.2, -0.15) is 0 Å². The number of carboxylic acids is 1. The molecular weight excluding hydrogens is 250 g/mol.